The van der Waals surface area contributed by atoms with E-state index >= 15 is 0 Å². The van der Waals surface area contributed by atoms with Crippen LogP contribution in [0.5, 0.6) is 0 Å². The highest BCUT2D eigenvalue weighted by Gasteiger charge is 2.16. The van der Waals surface area contributed by atoms with Crippen molar-refractivity contribution in [1.82, 2.24) is 10.7 Å². The van der Waals surface area contributed by atoms with Gasteiger partial charge in [0, 0.05) is 6.08 Å². The first-order chi connectivity index (χ1) is 9.60. The van der Waals surface area contributed by atoms with Crippen molar-refractivity contribution in [2.45, 2.75) is 0 Å². The zero-order valence-corrected chi connectivity index (χ0v) is 11.6. The summed E-state index contributed by atoms with van der Waals surface area (Å²) in [7, 11) is 0. The summed E-state index contributed by atoms with van der Waals surface area (Å²) >= 11 is 3.08. The number of halogens is 1. The first-order valence-corrected chi connectivity index (χ1v) is 6.22. The van der Waals surface area contributed by atoms with Crippen LogP contribution in [0.4, 0.5) is 0 Å². The van der Waals surface area contributed by atoms with E-state index in [0.29, 0.717) is 10.4 Å². The van der Waals surface area contributed by atoms with Crippen LogP contribution < -0.4 is 16.6 Å². The Bertz CT molecular complexity index is 645. The fourth-order valence-corrected chi connectivity index (χ4v) is 1.68. The summed E-state index contributed by atoms with van der Waals surface area (Å²) in [6.45, 7) is 0. The molecule has 20 heavy (non-hydrogen) atoms. The average molecular weight is 340 g/mol. The van der Waals surface area contributed by atoms with Crippen LogP contribution in [0.3, 0.4) is 0 Å². The summed E-state index contributed by atoms with van der Waals surface area (Å²) < 4.78 is 10.6. The summed E-state index contributed by atoms with van der Waals surface area (Å²) in [6.07, 6.45) is 2.79. The minimum absolute atomic E-state index is 0.0482. The lowest BCUT2D eigenvalue weighted by atomic mass is 10.3. The molecule has 7 nitrogen and oxygen atoms in total. The molecule has 0 saturated carbocycles. The Morgan fingerprint density at radius 1 is 1.30 bits per heavy atom. The van der Waals surface area contributed by atoms with E-state index in [9.17, 15) is 9.59 Å². The number of carbonyl (C=O) groups excluding carboxylic acids is 2. The van der Waals surface area contributed by atoms with E-state index in [1.165, 1.54) is 18.4 Å². The maximum atomic E-state index is 11.9. The van der Waals surface area contributed by atoms with Gasteiger partial charge >= 0.3 is 0 Å². The molecule has 0 radical (unpaired) electrons. The van der Waals surface area contributed by atoms with Gasteiger partial charge in [-0.15, -0.1) is 0 Å². The van der Waals surface area contributed by atoms with E-state index < -0.39 is 11.8 Å². The van der Waals surface area contributed by atoms with Crippen LogP contribution in [0.1, 0.15) is 16.3 Å². The molecule has 0 aliphatic carbocycles. The number of carbonyl (C=O) groups is 2. The van der Waals surface area contributed by atoms with E-state index in [2.05, 4.69) is 21.2 Å². The van der Waals surface area contributed by atoms with Gasteiger partial charge in [-0.25, -0.2) is 5.84 Å². The van der Waals surface area contributed by atoms with Gasteiger partial charge in [-0.1, -0.05) is 0 Å². The summed E-state index contributed by atoms with van der Waals surface area (Å²) in [4.78, 5) is 23.5. The number of nitrogens with one attached hydrogen (secondary N) is 2. The third-order valence-electron chi connectivity index (χ3n) is 2.25. The molecule has 0 aliphatic rings. The Morgan fingerprint density at radius 2 is 2.10 bits per heavy atom. The molecule has 104 valence electrons. The molecule has 2 amide bonds. The van der Waals surface area contributed by atoms with E-state index in [4.69, 9.17) is 14.7 Å². The SMILES string of the molecule is NNC(=O)/C(=C\c1ccco1)NC(=O)c1ccc(Br)o1. The first-order valence-electron chi connectivity index (χ1n) is 5.43. The normalized spacial score (nSPS) is 11.2. The van der Waals surface area contributed by atoms with Crippen molar-refractivity contribution in [3.63, 3.8) is 0 Å². The topological polar surface area (TPSA) is 110 Å². The van der Waals surface area contributed by atoms with Gasteiger partial charge in [-0.05, 0) is 40.2 Å². The maximum absolute atomic E-state index is 11.9. The molecule has 0 unspecified atom stereocenters. The van der Waals surface area contributed by atoms with Crippen molar-refractivity contribution in [3.8, 4) is 0 Å². The molecule has 2 rings (SSSR count). The van der Waals surface area contributed by atoms with Crippen molar-refractivity contribution in [2.24, 2.45) is 5.84 Å². The zero-order valence-electron chi connectivity index (χ0n) is 10.1. The fraction of sp³-hybridized carbons (Fsp3) is 0. The molecular formula is C12H10BrN3O4. The van der Waals surface area contributed by atoms with Gasteiger partial charge < -0.3 is 14.2 Å². The lowest BCUT2D eigenvalue weighted by molar-refractivity contribution is -0.117. The molecule has 2 aromatic rings. The molecule has 0 aliphatic heterocycles. The number of nitrogens with two attached hydrogens (primary N) is 1. The van der Waals surface area contributed by atoms with Crippen molar-refractivity contribution in [2.75, 3.05) is 0 Å². The zero-order chi connectivity index (χ0) is 14.5. The maximum Gasteiger partial charge on any atom is 0.291 e. The highest BCUT2D eigenvalue weighted by Crippen LogP contribution is 2.14. The van der Waals surface area contributed by atoms with E-state index in [0.717, 1.165) is 0 Å². The van der Waals surface area contributed by atoms with E-state index in [1.54, 1.807) is 18.2 Å². The van der Waals surface area contributed by atoms with Gasteiger partial charge in [-0.2, -0.15) is 0 Å². The number of hydrogen-bond acceptors (Lipinski definition) is 5. The Kier molecular flexibility index (Phi) is 4.38. The Balaban J connectivity index is 2.20. The molecule has 4 N–H and O–H groups in total. The molecular weight excluding hydrogens is 330 g/mol. The Hall–Kier alpha value is -2.32. The second-order valence-electron chi connectivity index (χ2n) is 3.60. The van der Waals surface area contributed by atoms with Gasteiger partial charge in [0.25, 0.3) is 11.8 Å². The van der Waals surface area contributed by atoms with Gasteiger partial charge in [0.1, 0.15) is 11.5 Å². The minimum atomic E-state index is -0.666. The smallest absolute Gasteiger partial charge is 0.291 e. The quantitative estimate of drug-likeness (QED) is 0.337. The molecule has 0 spiro atoms. The lowest BCUT2D eigenvalue weighted by Gasteiger charge is -2.06. The molecule has 0 fully saturated rings. The highest BCUT2D eigenvalue weighted by atomic mass is 79.9. The fourth-order valence-electron chi connectivity index (χ4n) is 1.37. The average Bonchev–Trinajstić information content (AvgIpc) is 3.08. The monoisotopic (exact) mass is 339 g/mol. The molecule has 0 atom stereocenters. The number of furan rings is 2. The van der Waals surface area contributed by atoms with Crippen molar-refractivity contribution < 1.29 is 18.4 Å². The van der Waals surface area contributed by atoms with E-state index in [1.807, 2.05) is 5.43 Å². The van der Waals surface area contributed by atoms with Crippen molar-refractivity contribution in [3.05, 3.63) is 52.4 Å². The Morgan fingerprint density at radius 3 is 2.65 bits per heavy atom. The molecule has 0 bridgehead atoms. The van der Waals surface area contributed by atoms with Gasteiger partial charge in [0.05, 0.1) is 6.26 Å². The second-order valence-corrected chi connectivity index (χ2v) is 4.39. The second kappa shape index (κ2) is 6.22. The third-order valence-corrected chi connectivity index (χ3v) is 2.68. The largest absolute Gasteiger partial charge is 0.465 e. The van der Waals surface area contributed by atoms with E-state index in [-0.39, 0.29) is 11.5 Å². The number of amides is 2. The van der Waals surface area contributed by atoms with Crippen LogP contribution in [0.15, 0.2) is 49.7 Å². The van der Waals surface area contributed by atoms with Gasteiger partial charge in [-0.3, -0.25) is 15.0 Å². The third kappa shape index (κ3) is 3.37. The summed E-state index contributed by atoms with van der Waals surface area (Å²) in [5.74, 6) is 4.26. The van der Waals surface area contributed by atoms with Crippen LogP contribution in [0, 0.1) is 0 Å². The Labute approximate surface area is 121 Å². The van der Waals surface area contributed by atoms with Crippen LogP contribution in [0.2, 0.25) is 0 Å². The van der Waals surface area contributed by atoms with Crippen molar-refractivity contribution >= 4 is 33.8 Å². The standard InChI is InChI=1S/C12H10BrN3O4/c13-10-4-3-9(20-10)12(18)15-8(11(17)16-14)6-7-2-1-5-19-7/h1-6H,14H2,(H,15,18)(H,16,17)/b8-6+. The summed E-state index contributed by atoms with van der Waals surface area (Å²) in [5.41, 5.74) is 1.87. The van der Waals surface area contributed by atoms with Crippen LogP contribution in [-0.2, 0) is 4.79 Å². The first kappa shape index (κ1) is 14.1. The summed E-state index contributed by atoms with van der Waals surface area (Å²) in [5, 5.41) is 2.39. The molecule has 2 heterocycles. The van der Waals surface area contributed by atoms with Crippen molar-refractivity contribution in [1.29, 1.82) is 0 Å². The number of hydrazine groups is 1. The summed E-state index contributed by atoms with van der Waals surface area (Å²) in [6, 6.07) is 6.30. The van der Waals surface area contributed by atoms with Crippen LogP contribution in [0.25, 0.3) is 6.08 Å². The molecule has 2 aromatic heterocycles. The molecule has 8 heteroatoms. The van der Waals surface area contributed by atoms with Crippen LogP contribution >= 0.6 is 15.9 Å². The molecule has 0 aromatic carbocycles. The minimum Gasteiger partial charge on any atom is -0.465 e. The predicted molar refractivity (Wildman–Crippen MR) is 72.9 cm³/mol. The van der Waals surface area contributed by atoms with Gasteiger partial charge in [0.2, 0.25) is 0 Å². The lowest BCUT2D eigenvalue weighted by Crippen LogP contribution is -2.38. The van der Waals surface area contributed by atoms with Gasteiger partial charge in [0.15, 0.2) is 10.4 Å². The highest BCUT2D eigenvalue weighted by molar-refractivity contribution is 9.10. The van der Waals surface area contributed by atoms with Crippen LogP contribution in [-0.4, -0.2) is 11.8 Å². The number of rotatable bonds is 4. The molecule has 0 saturated heterocycles. The number of hydrogen-bond donors (Lipinski definition) is 3. The predicted octanol–water partition coefficient (Wildman–Crippen LogP) is 1.40.